The Morgan fingerprint density at radius 1 is 1.24 bits per heavy atom. The Balaban J connectivity index is 1.67. The summed E-state index contributed by atoms with van der Waals surface area (Å²) in [5, 5.41) is 11.5. The largest absolute Gasteiger partial charge is 0.457 e. The van der Waals surface area contributed by atoms with Gasteiger partial charge in [-0.05, 0) is 80.9 Å². The molecule has 0 heterocycles. The summed E-state index contributed by atoms with van der Waals surface area (Å²) < 4.78 is 20.9. The van der Waals surface area contributed by atoms with Crippen LogP contribution in [0.5, 0.6) is 0 Å². The summed E-state index contributed by atoms with van der Waals surface area (Å²) in [7, 11) is 0. The molecule has 4 rings (SSSR count). The molecule has 188 valence electrons. The van der Waals surface area contributed by atoms with Gasteiger partial charge in [0, 0.05) is 11.3 Å². The smallest absolute Gasteiger partial charge is 0.311 e. The summed E-state index contributed by atoms with van der Waals surface area (Å²) in [5.74, 6) is -1.77. The number of halogens is 2. The van der Waals surface area contributed by atoms with Crippen LogP contribution < -0.4 is 0 Å². The first-order chi connectivity index (χ1) is 15.6. The van der Waals surface area contributed by atoms with Crippen molar-refractivity contribution in [2.75, 3.05) is 6.61 Å². The second-order valence-corrected chi connectivity index (χ2v) is 13.1. The van der Waals surface area contributed by atoms with E-state index in [9.17, 15) is 19.5 Å². The number of ketones is 2. The van der Waals surface area contributed by atoms with Crippen molar-refractivity contribution in [3.05, 3.63) is 23.8 Å². The summed E-state index contributed by atoms with van der Waals surface area (Å²) >= 11 is 7.34. The zero-order valence-electron chi connectivity index (χ0n) is 20.9. The fourth-order valence-corrected chi connectivity index (χ4v) is 8.19. The number of carbonyl (C=O) groups is 3. The van der Waals surface area contributed by atoms with E-state index in [1.807, 2.05) is 20.8 Å². The lowest BCUT2D eigenvalue weighted by Crippen LogP contribution is -2.67. The molecule has 5 nitrogen and oxygen atoms in total. The number of hydrogen-bond acceptors (Lipinski definition) is 5. The monoisotopic (exact) mass is 494 g/mol. The maximum absolute atomic E-state index is 15.5. The summed E-state index contributed by atoms with van der Waals surface area (Å²) in [5.41, 5.74) is -1.97. The Labute approximate surface area is 206 Å². The van der Waals surface area contributed by atoms with Crippen LogP contribution >= 0.6 is 11.6 Å². The van der Waals surface area contributed by atoms with E-state index in [0.29, 0.717) is 12.0 Å². The van der Waals surface area contributed by atoms with Gasteiger partial charge in [-0.25, -0.2) is 4.39 Å². The lowest BCUT2D eigenvalue weighted by molar-refractivity contribution is -0.159. The van der Waals surface area contributed by atoms with Gasteiger partial charge in [-0.15, -0.1) is 11.6 Å². The molecule has 7 heteroatoms. The van der Waals surface area contributed by atoms with Gasteiger partial charge in [-0.1, -0.05) is 26.8 Å². The summed E-state index contributed by atoms with van der Waals surface area (Å²) in [6.07, 6.45) is 3.13. The molecule has 0 amide bonds. The van der Waals surface area contributed by atoms with E-state index < -0.39 is 45.3 Å². The number of aliphatic hydroxyl groups is 1. The topological polar surface area (TPSA) is 80.7 Å². The molecule has 4 aliphatic rings. The van der Waals surface area contributed by atoms with Crippen LogP contribution in [-0.2, 0) is 19.1 Å². The third kappa shape index (κ3) is 3.46. The van der Waals surface area contributed by atoms with Crippen molar-refractivity contribution < 1.29 is 28.6 Å². The van der Waals surface area contributed by atoms with Crippen molar-refractivity contribution in [3.63, 3.8) is 0 Å². The number of rotatable bonds is 3. The third-order valence-corrected chi connectivity index (χ3v) is 10.2. The van der Waals surface area contributed by atoms with Crippen LogP contribution in [0.4, 0.5) is 4.39 Å². The molecule has 0 saturated heterocycles. The van der Waals surface area contributed by atoms with Crippen molar-refractivity contribution in [3.8, 4) is 0 Å². The second-order valence-electron chi connectivity index (χ2n) is 12.4. The standard InChI is InChI=1S/C27H36ClFO5/c1-14-9-16-17-11-19(29)18-10-15(30)7-8-26(18,6)27(17,28)21(32)12-25(16,5)22(14)20(31)13-34-23(33)24(2,3)4/h7-8,10,14,16-17,19,21-22,32H,9,11-13H2,1-6H3/t14-,16-,17+,19+,21+,22-,25+,26+,27+/m1/s1. The highest BCUT2D eigenvalue weighted by atomic mass is 35.5. The highest BCUT2D eigenvalue weighted by Gasteiger charge is 2.71. The molecule has 4 aliphatic carbocycles. The SMILES string of the molecule is C[C@@H]1C[C@@H]2[C@@H]3C[C@H](F)C4=CC(=O)C=C[C@]4(C)[C@@]3(Cl)[C@@H](O)C[C@]2(C)[C@H]1C(=O)COC(=O)C(C)(C)C. The minimum Gasteiger partial charge on any atom is -0.457 e. The first-order valence-electron chi connectivity index (χ1n) is 12.2. The maximum atomic E-state index is 15.5. The summed E-state index contributed by atoms with van der Waals surface area (Å²) in [4.78, 5) is 36.4. The van der Waals surface area contributed by atoms with Gasteiger partial charge in [-0.3, -0.25) is 14.4 Å². The maximum Gasteiger partial charge on any atom is 0.311 e. The average molecular weight is 495 g/mol. The van der Waals surface area contributed by atoms with Crippen LogP contribution in [-0.4, -0.2) is 46.4 Å². The molecular weight excluding hydrogens is 459 g/mol. The number of allylic oxidation sites excluding steroid dienone is 4. The van der Waals surface area contributed by atoms with E-state index in [2.05, 4.69) is 0 Å². The Bertz CT molecular complexity index is 982. The second kappa shape index (κ2) is 7.99. The molecule has 3 saturated carbocycles. The van der Waals surface area contributed by atoms with Gasteiger partial charge in [0.05, 0.1) is 16.4 Å². The van der Waals surface area contributed by atoms with E-state index in [0.717, 1.165) is 0 Å². The van der Waals surface area contributed by atoms with Gasteiger partial charge >= 0.3 is 5.97 Å². The van der Waals surface area contributed by atoms with Gasteiger partial charge in [0.1, 0.15) is 12.8 Å². The van der Waals surface area contributed by atoms with Gasteiger partial charge in [0.25, 0.3) is 0 Å². The number of esters is 1. The zero-order valence-corrected chi connectivity index (χ0v) is 21.6. The van der Waals surface area contributed by atoms with E-state index in [1.54, 1.807) is 26.8 Å². The average Bonchev–Trinajstić information content (AvgIpc) is 2.99. The molecule has 0 radical (unpaired) electrons. The third-order valence-electron chi connectivity index (χ3n) is 9.27. The minimum atomic E-state index is -1.34. The minimum absolute atomic E-state index is 0.0201. The Kier molecular flexibility index (Phi) is 6.01. The van der Waals surface area contributed by atoms with Crippen LogP contribution in [0.3, 0.4) is 0 Å². The van der Waals surface area contributed by atoms with Crippen molar-refractivity contribution >= 4 is 29.1 Å². The predicted octanol–water partition coefficient (Wildman–Crippen LogP) is 4.60. The molecule has 0 bridgehead atoms. The molecule has 0 aromatic heterocycles. The van der Waals surface area contributed by atoms with E-state index >= 15 is 4.39 Å². The number of alkyl halides is 2. The van der Waals surface area contributed by atoms with Crippen LogP contribution in [0.2, 0.25) is 0 Å². The van der Waals surface area contributed by atoms with Gasteiger partial charge in [0.15, 0.2) is 11.6 Å². The van der Waals surface area contributed by atoms with Crippen LogP contribution in [0, 0.1) is 39.9 Å². The van der Waals surface area contributed by atoms with Crippen LogP contribution in [0.15, 0.2) is 23.8 Å². The highest BCUT2D eigenvalue weighted by molar-refractivity contribution is 6.26. The number of Topliss-reactive ketones (excluding diaryl/α,β-unsaturated/α-hetero) is 1. The van der Waals surface area contributed by atoms with E-state index in [4.69, 9.17) is 16.3 Å². The number of fused-ring (bicyclic) bond motifs is 5. The van der Waals surface area contributed by atoms with Crippen molar-refractivity contribution in [1.82, 2.24) is 0 Å². The first-order valence-corrected chi connectivity index (χ1v) is 12.6. The quantitative estimate of drug-likeness (QED) is 0.458. The molecule has 9 atom stereocenters. The Morgan fingerprint density at radius 2 is 1.88 bits per heavy atom. The predicted molar refractivity (Wildman–Crippen MR) is 127 cm³/mol. The Morgan fingerprint density at radius 3 is 2.50 bits per heavy atom. The summed E-state index contributed by atoms with van der Waals surface area (Å²) in [6, 6.07) is 0. The van der Waals surface area contributed by atoms with Crippen LogP contribution in [0.1, 0.15) is 60.8 Å². The van der Waals surface area contributed by atoms with Gasteiger partial charge in [-0.2, -0.15) is 0 Å². The van der Waals surface area contributed by atoms with E-state index in [-0.39, 0.29) is 48.8 Å². The normalized spacial score (nSPS) is 45.7. The summed E-state index contributed by atoms with van der Waals surface area (Å²) in [6.45, 7) is 10.7. The Hall–Kier alpha value is -1.53. The zero-order chi connectivity index (χ0) is 25.4. The number of ether oxygens (including phenoxy) is 1. The van der Waals surface area contributed by atoms with Crippen molar-refractivity contribution in [2.24, 2.45) is 39.9 Å². The molecule has 0 aromatic rings. The number of hydrogen-bond donors (Lipinski definition) is 1. The lowest BCUT2D eigenvalue weighted by Gasteiger charge is -2.63. The molecule has 1 N–H and O–H groups in total. The molecule has 34 heavy (non-hydrogen) atoms. The van der Waals surface area contributed by atoms with Crippen molar-refractivity contribution in [1.29, 1.82) is 0 Å². The number of aliphatic hydroxyl groups excluding tert-OH is 1. The molecule has 0 aromatic carbocycles. The lowest BCUT2D eigenvalue weighted by atomic mass is 9.46. The molecule has 0 aliphatic heterocycles. The molecular formula is C27H36ClFO5. The van der Waals surface area contributed by atoms with Gasteiger partial charge in [0.2, 0.25) is 0 Å². The van der Waals surface area contributed by atoms with Crippen molar-refractivity contribution in [2.45, 2.75) is 78.0 Å². The highest BCUT2D eigenvalue weighted by Crippen LogP contribution is 2.70. The molecule has 0 spiro atoms. The fourth-order valence-electron chi connectivity index (χ4n) is 7.70. The van der Waals surface area contributed by atoms with Crippen LogP contribution in [0.25, 0.3) is 0 Å². The fraction of sp³-hybridized carbons (Fsp3) is 0.741. The number of carbonyl (C=O) groups excluding carboxylic acids is 3. The van der Waals surface area contributed by atoms with Gasteiger partial charge < -0.3 is 9.84 Å². The molecule has 0 unspecified atom stereocenters. The first kappa shape index (κ1) is 25.6. The molecule has 3 fully saturated rings. The van der Waals surface area contributed by atoms with E-state index in [1.165, 1.54) is 12.2 Å².